The van der Waals surface area contributed by atoms with Crippen LogP contribution < -0.4 is 10.6 Å². The number of hydrogen-bond acceptors (Lipinski definition) is 2. The van der Waals surface area contributed by atoms with Crippen LogP contribution in [-0.4, -0.2) is 24.3 Å². The van der Waals surface area contributed by atoms with Crippen LogP contribution in [0, 0.1) is 12.3 Å². The summed E-state index contributed by atoms with van der Waals surface area (Å²) in [6, 6.07) is 7.42. The maximum absolute atomic E-state index is 11.8. The van der Waals surface area contributed by atoms with Crippen LogP contribution in [0.1, 0.15) is 32.3 Å². The molecule has 0 aromatic heterocycles. The standard InChI is InChI=1S/C15H24N2O2/c1-4-15(5-2,11-18)10-16-14(19)17-13-8-6-7-12(3)9-13/h6-9,18H,4-5,10-11H2,1-3H3,(H2,16,17,19). The van der Waals surface area contributed by atoms with E-state index in [-0.39, 0.29) is 18.1 Å². The Morgan fingerprint density at radius 3 is 2.53 bits per heavy atom. The zero-order valence-electron chi connectivity index (χ0n) is 12.0. The molecule has 0 atom stereocenters. The smallest absolute Gasteiger partial charge is 0.319 e. The van der Waals surface area contributed by atoms with Crippen molar-refractivity contribution in [3.8, 4) is 0 Å². The molecule has 0 spiro atoms. The van der Waals surface area contributed by atoms with Crippen molar-refractivity contribution < 1.29 is 9.90 Å². The fraction of sp³-hybridized carbons (Fsp3) is 0.533. The zero-order chi connectivity index (χ0) is 14.3. The monoisotopic (exact) mass is 264 g/mol. The van der Waals surface area contributed by atoms with E-state index in [0.717, 1.165) is 24.1 Å². The molecule has 1 aromatic carbocycles. The van der Waals surface area contributed by atoms with Crippen molar-refractivity contribution in [3.63, 3.8) is 0 Å². The van der Waals surface area contributed by atoms with E-state index in [1.54, 1.807) is 0 Å². The molecule has 0 aliphatic carbocycles. The minimum absolute atomic E-state index is 0.0880. The zero-order valence-corrected chi connectivity index (χ0v) is 12.0. The number of hydrogen-bond donors (Lipinski definition) is 3. The van der Waals surface area contributed by atoms with Crippen molar-refractivity contribution >= 4 is 11.7 Å². The van der Waals surface area contributed by atoms with Crippen molar-refractivity contribution in [1.82, 2.24) is 5.32 Å². The first-order valence-corrected chi connectivity index (χ1v) is 6.77. The molecule has 0 aliphatic heterocycles. The van der Waals surface area contributed by atoms with Crippen LogP contribution in [0.3, 0.4) is 0 Å². The Labute approximate surface area is 115 Å². The van der Waals surface area contributed by atoms with Gasteiger partial charge in [0.15, 0.2) is 0 Å². The van der Waals surface area contributed by atoms with Crippen molar-refractivity contribution in [2.45, 2.75) is 33.6 Å². The largest absolute Gasteiger partial charge is 0.396 e. The molecule has 0 bridgehead atoms. The van der Waals surface area contributed by atoms with Crippen molar-refractivity contribution in [2.75, 3.05) is 18.5 Å². The Morgan fingerprint density at radius 1 is 1.32 bits per heavy atom. The van der Waals surface area contributed by atoms with Gasteiger partial charge in [0.1, 0.15) is 0 Å². The number of nitrogens with one attached hydrogen (secondary N) is 2. The number of benzene rings is 1. The van der Waals surface area contributed by atoms with Crippen LogP contribution in [0.5, 0.6) is 0 Å². The molecular weight excluding hydrogens is 240 g/mol. The van der Waals surface area contributed by atoms with Crippen molar-refractivity contribution in [2.24, 2.45) is 5.41 Å². The molecule has 106 valence electrons. The summed E-state index contributed by atoms with van der Waals surface area (Å²) in [6.07, 6.45) is 1.68. The third-order valence-corrected chi connectivity index (χ3v) is 3.74. The van der Waals surface area contributed by atoms with E-state index in [0.29, 0.717) is 6.54 Å². The van der Waals surface area contributed by atoms with Gasteiger partial charge in [-0.25, -0.2) is 4.79 Å². The van der Waals surface area contributed by atoms with Crippen molar-refractivity contribution in [3.05, 3.63) is 29.8 Å². The van der Waals surface area contributed by atoms with E-state index in [1.807, 2.05) is 45.0 Å². The number of carbonyl (C=O) groups is 1. The number of amides is 2. The van der Waals surface area contributed by atoms with Crippen LogP contribution in [0.15, 0.2) is 24.3 Å². The number of aliphatic hydroxyl groups excluding tert-OH is 1. The number of rotatable bonds is 6. The van der Waals surface area contributed by atoms with Crippen LogP contribution in [0.2, 0.25) is 0 Å². The Morgan fingerprint density at radius 2 is 2.00 bits per heavy atom. The van der Waals surface area contributed by atoms with Gasteiger partial charge in [0.25, 0.3) is 0 Å². The van der Waals surface area contributed by atoms with Gasteiger partial charge in [-0.15, -0.1) is 0 Å². The molecule has 0 saturated heterocycles. The summed E-state index contributed by atoms with van der Waals surface area (Å²) >= 11 is 0. The summed E-state index contributed by atoms with van der Waals surface area (Å²) in [6.45, 7) is 6.60. The normalized spacial score (nSPS) is 11.2. The molecule has 2 amide bonds. The predicted octanol–water partition coefficient (Wildman–Crippen LogP) is 2.92. The second-order valence-electron chi connectivity index (χ2n) is 5.04. The second-order valence-corrected chi connectivity index (χ2v) is 5.04. The fourth-order valence-electron chi connectivity index (χ4n) is 1.95. The Hall–Kier alpha value is -1.55. The van der Waals surface area contributed by atoms with Gasteiger partial charge in [0.05, 0.1) is 6.61 Å². The predicted molar refractivity (Wildman–Crippen MR) is 78.3 cm³/mol. The molecule has 0 aliphatic rings. The van der Waals surface area contributed by atoms with Crippen LogP contribution >= 0.6 is 0 Å². The highest BCUT2D eigenvalue weighted by Gasteiger charge is 2.25. The van der Waals surface area contributed by atoms with Gasteiger partial charge >= 0.3 is 6.03 Å². The SMILES string of the molecule is CCC(CC)(CO)CNC(=O)Nc1cccc(C)c1. The van der Waals surface area contributed by atoms with Gasteiger partial charge in [-0.2, -0.15) is 0 Å². The summed E-state index contributed by atoms with van der Waals surface area (Å²) in [5.41, 5.74) is 1.66. The van der Waals surface area contributed by atoms with E-state index in [9.17, 15) is 9.90 Å². The summed E-state index contributed by atoms with van der Waals surface area (Å²) in [5.74, 6) is 0. The molecule has 3 N–H and O–H groups in total. The van der Waals surface area contributed by atoms with Gasteiger partial charge in [-0.05, 0) is 37.5 Å². The molecular formula is C15H24N2O2. The Bertz CT molecular complexity index is 406. The lowest BCUT2D eigenvalue weighted by Crippen LogP contribution is -2.41. The third kappa shape index (κ3) is 4.56. The number of aliphatic hydroxyl groups is 1. The first-order chi connectivity index (χ1) is 9.05. The topological polar surface area (TPSA) is 61.4 Å². The average Bonchev–Trinajstić information content (AvgIpc) is 2.41. The number of carbonyl (C=O) groups excluding carboxylic acids is 1. The first kappa shape index (κ1) is 15.5. The highest BCUT2D eigenvalue weighted by atomic mass is 16.3. The molecule has 4 nitrogen and oxygen atoms in total. The lowest BCUT2D eigenvalue weighted by molar-refractivity contribution is 0.116. The van der Waals surface area contributed by atoms with Crippen LogP contribution in [0.4, 0.5) is 10.5 Å². The fourth-order valence-corrected chi connectivity index (χ4v) is 1.95. The third-order valence-electron chi connectivity index (χ3n) is 3.74. The van der Waals surface area contributed by atoms with Crippen molar-refractivity contribution in [1.29, 1.82) is 0 Å². The molecule has 0 saturated carbocycles. The Kier molecular flexibility index (Phi) is 5.83. The van der Waals surface area contributed by atoms with E-state index < -0.39 is 0 Å². The molecule has 0 heterocycles. The summed E-state index contributed by atoms with van der Waals surface area (Å²) in [7, 11) is 0. The first-order valence-electron chi connectivity index (χ1n) is 6.77. The minimum atomic E-state index is -0.231. The molecule has 4 heteroatoms. The number of anilines is 1. The van der Waals surface area contributed by atoms with E-state index in [1.165, 1.54) is 0 Å². The highest BCUT2D eigenvalue weighted by Crippen LogP contribution is 2.24. The molecule has 0 radical (unpaired) electrons. The van der Waals surface area contributed by atoms with Gasteiger partial charge in [-0.1, -0.05) is 26.0 Å². The summed E-state index contributed by atoms with van der Waals surface area (Å²) in [5, 5.41) is 15.1. The summed E-state index contributed by atoms with van der Waals surface area (Å²) < 4.78 is 0. The molecule has 1 aromatic rings. The maximum Gasteiger partial charge on any atom is 0.319 e. The van der Waals surface area contributed by atoms with Gasteiger partial charge < -0.3 is 15.7 Å². The second kappa shape index (κ2) is 7.14. The van der Waals surface area contributed by atoms with E-state index in [2.05, 4.69) is 10.6 Å². The molecule has 0 unspecified atom stereocenters. The minimum Gasteiger partial charge on any atom is -0.396 e. The lowest BCUT2D eigenvalue weighted by Gasteiger charge is -2.29. The molecule has 19 heavy (non-hydrogen) atoms. The lowest BCUT2D eigenvalue weighted by atomic mass is 9.83. The van der Waals surface area contributed by atoms with Gasteiger partial charge in [0, 0.05) is 17.6 Å². The summed E-state index contributed by atoms with van der Waals surface area (Å²) in [4.78, 5) is 11.8. The quantitative estimate of drug-likeness (QED) is 0.740. The maximum atomic E-state index is 11.8. The average molecular weight is 264 g/mol. The van der Waals surface area contributed by atoms with Gasteiger partial charge in [-0.3, -0.25) is 0 Å². The molecule has 0 fully saturated rings. The van der Waals surface area contributed by atoms with Gasteiger partial charge in [0.2, 0.25) is 0 Å². The van der Waals surface area contributed by atoms with E-state index >= 15 is 0 Å². The number of urea groups is 1. The number of aryl methyl sites for hydroxylation is 1. The van der Waals surface area contributed by atoms with Crippen LogP contribution in [0.25, 0.3) is 0 Å². The Balaban J connectivity index is 2.52. The van der Waals surface area contributed by atoms with Crippen LogP contribution in [-0.2, 0) is 0 Å². The van der Waals surface area contributed by atoms with E-state index in [4.69, 9.17) is 0 Å². The highest BCUT2D eigenvalue weighted by molar-refractivity contribution is 5.89. The molecule has 1 rings (SSSR count).